The SMILES string of the molecule is CC(C)(C)CC(C)(C)OC(=O)c1ccc(CN)cn1. The van der Waals surface area contributed by atoms with Crippen LogP contribution in [-0.2, 0) is 11.3 Å². The Bertz CT molecular complexity index is 430. The molecule has 0 bridgehead atoms. The molecule has 19 heavy (non-hydrogen) atoms. The van der Waals surface area contributed by atoms with Crippen LogP contribution in [0.1, 0.15) is 57.1 Å². The molecule has 0 spiro atoms. The lowest BCUT2D eigenvalue weighted by atomic mass is 9.83. The van der Waals surface area contributed by atoms with Crippen molar-refractivity contribution in [2.75, 3.05) is 0 Å². The predicted molar refractivity (Wildman–Crippen MR) is 75.7 cm³/mol. The minimum Gasteiger partial charge on any atom is -0.455 e. The van der Waals surface area contributed by atoms with E-state index in [9.17, 15) is 4.79 Å². The minimum absolute atomic E-state index is 0.0978. The van der Waals surface area contributed by atoms with Crippen LogP contribution in [0.25, 0.3) is 0 Å². The van der Waals surface area contributed by atoms with E-state index in [1.54, 1.807) is 18.3 Å². The Labute approximate surface area is 115 Å². The smallest absolute Gasteiger partial charge is 0.357 e. The third kappa shape index (κ3) is 5.39. The molecule has 0 saturated heterocycles. The third-order valence-corrected chi connectivity index (χ3v) is 2.59. The van der Waals surface area contributed by atoms with Crippen LogP contribution < -0.4 is 5.73 Å². The number of nitrogens with two attached hydrogens (primary N) is 1. The van der Waals surface area contributed by atoms with Gasteiger partial charge in [0.2, 0.25) is 0 Å². The van der Waals surface area contributed by atoms with Crippen molar-refractivity contribution in [1.82, 2.24) is 4.98 Å². The Morgan fingerprint density at radius 2 is 1.89 bits per heavy atom. The van der Waals surface area contributed by atoms with E-state index in [1.165, 1.54) is 0 Å². The molecule has 0 saturated carbocycles. The van der Waals surface area contributed by atoms with E-state index in [0.717, 1.165) is 12.0 Å². The largest absolute Gasteiger partial charge is 0.455 e. The van der Waals surface area contributed by atoms with Gasteiger partial charge in [-0.2, -0.15) is 0 Å². The summed E-state index contributed by atoms with van der Waals surface area (Å²) in [4.78, 5) is 16.1. The van der Waals surface area contributed by atoms with E-state index in [4.69, 9.17) is 10.5 Å². The molecule has 1 aromatic rings. The van der Waals surface area contributed by atoms with Gasteiger partial charge in [-0.3, -0.25) is 0 Å². The molecular formula is C15H24N2O2. The van der Waals surface area contributed by atoms with Gasteiger partial charge in [0.05, 0.1) is 0 Å². The van der Waals surface area contributed by atoms with Gasteiger partial charge in [0.25, 0.3) is 0 Å². The summed E-state index contributed by atoms with van der Waals surface area (Å²) < 4.78 is 5.54. The second-order valence-electron chi connectivity index (χ2n) is 6.64. The standard InChI is InChI=1S/C15H24N2O2/c1-14(2,3)10-15(4,5)19-13(18)12-7-6-11(8-16)9-17-12/h6-7,9H,8,10,16H2,1-5H3. The maximum absolute atomic E-state index is 12.0. The average Bonchev–Trinajstić information content (AvgIpc) is 2.25. The molecule has 0 atom stereocenters. The molecule has 4 nitrogen and oxygen atoms in total. The summed E-state index contributed by atoms with van der Waals surface area (Å²) in [6.45, 7) is 10.6. The van der Waals surface area contributed by atoms with Crippen LogP contribution in [-0.4, -0.2) is 16.6 Å². The summed E-state index contributed by atoms with van der Waals surface area (Å²) in [5, 5.41) is 0. The monoisotopic (exact) mass is 264 g/mol. The van der Waals surface area contributed by atoms with Crippen molar-refractivity contribution in [3.05, 3.63) is 29.6 Å². The number of carbonyl (C=O) groups excluding carboxylic acids is 1. The van der Waals surface area contributed by atoms with Gasteiger partial charge >= 0.3 is 5.97 Å². The minimum atomic E-state index is -0.510. The Kier molecular flexibility index (Phi) is 4.69. The number of hydrogen-bond acceptors (Lipinski definition) is 4. The fraction of sp³-hybridized carbons (Fsp3) is 0.600. The molecule has 0 aliphatic rings. The summed E-state index contributed by atoms with van der Waals surface area (Å²) in [5.41, 5.74) is 6.29. The van der Waals surface area contributed by atoms with Gasteiger partial charge in [0.1, 0.15) is 11.3 Å². The second-order valence-corrected chi connectivity index (χ2v) is 6.64. The normalized spacial score (nSPS) is 12.3. The highest BCUT2D eigenvalue weighted by Gasteiger charge is 2.29. The van der Waals surface area contributed by atoms with Gasteiger partial charge in [-0.05, 0) is 37.3 Å². The lowest BCUT2D eigenvalue weighted by Crippen LogP contribution is -2.33. The van der Waals surface area contributed by atoms with E-state index >= 15 is 0 Å². The van der Waals surface area contributed by atoms with Crippen LogP contribution in [0, 0.1) is 5.41 Å². The van der Waals surface area contributed by atoms with Crippen molar-refractivity contribution in [2.24, 2.45) is 11.1 Å². The summed E-state index contributed by atoms with van der Waals surface area (Å²) in [6.07, 6.45) is 2.39. The molecule has 1 rings (SSSR count). The number of ether oxygens (including phenoxy) is 1. The molecule has 0 aliphatic carbocycles. The van der Waals surface area contributed by atoms with Crippen LogP contribution >= 0.6 is 0 Å². The van der Waals surface area contributed by atoms with Crippen molar-refractivity contribution >= 4 is 5.97 Å². The molecule has 0 amide bonds. The lowest BCUT2D eigenvalue weighted by molar-refractivity contribution is -0.0184. The fourth-order valence-corrected chi connectivity index (χ4v) is 2.28. The summed E-state index contributed by atoms with van der Waals surface area (Å²) in [7, 11) is 0. The molecule has 0 fully saturated rings. The fourth-order valence-electron chi connectivity index (χ4n) is 2.28. The van der Waals surface area contributed by atoms with Crippen LogP contribution in [0.15, 0.2) is 18.3 Å². The predicted octanol–water partition coefficient (Wildman–Crippen LogP) is 2.91. The van der Waals surface area contributed by atoms with Gasteiger partial charge in [0, 0.05) is 12.7 Å². The Balaban J connectivity index is 2.72. The van der Waals surface area contributed by atoms with Crippen LogP contribution in [0.3, 0.4) is 0 Å². The van der Waals surface area contributed by atoms with Gasteiger partial charge < -0.3 is 10.5 Å². The van der Waals surface area contributed by atoms with E-state index in [-0.39, 0.29) is 5.41 Å². The first kappa shape index (κ1) is 15.6. The maximum atomic E-state index is 12.0. The molecule has 0 aliphatic heterocycles. The third-order valence-electron chi connectivity index (χ3n) is 2.59. The summed E-state index contributed by atoms with van der Waals surface area (Å²) in [6, 6.07) is 3.44. The first-order valence-electron chi connectivity index (χ1n) is 6.51. The number of hydrogen-bond donors (Lipinski definition) is 1. The van der Waals surface area contributed by atoms with Crippen molar-refractivity contribution in [3.8, 4) is 0 Å². The molecule has 1 heterocycles. The number of nitrogens with zero attached hydrogens (tertiary/aromatic N) is 1. The summed E-state index contributed by atoms with van der Waals surface area (Å²) in [5.74, 6) is -0.391. The van der Waals surface area contributed by atoms with Crippen molar-refractivity contribution in [3.63, 3.8) is 0 Å². The zero-order chi connectivity index (χ0) is 14.7. The molecule has 2 N–H and O–H groups in total. The molecule has 0 aromatic carbocycles. The Morgan fingerprint density at radius 3 is 2.32 bits per heavy atom. The van der Waals surface area contributed by atoms with Crippen molar-refractivity contribution < 1.29 is 9.53 Å². The highest BCUT2D eigenvalue weighted by atomic mass is 16.6. The van der Waals surface area contributed by atoms with Gasteiger partial charge in [-0.15, -0.1) is 0 Å². The number of esters is 1. The zero-order valence-electron chi connectivity index (χ0n) is 12.5. The molecule has 0 unspecified atom stereocenters. The Morgan fingerprint density at radius 1 is 1.26 bits per heavy atom. The van der Waals surface area contributed by atoms with Gasteiger partial charge in [-0.1, -0.05) is 26.8 Å². The number of pyridine rings is 1. The van der Waals surface area contributed by atoms with Crippen LogP contribution in [0.4, 0.5) is 0 Å². The van der Waals surface area contributed by atoms with E-state index in [1.807, 2.05) is 13.8 Å². The topological polar surface area (TPSA) is 65.2 Å². The van der Waals surface area contributed by atoms with Crippen LogP contribution in [0.5, 0.6) is 0 Å². The number of rotatable bonds is 4. The lowest BCUT2D eigenvalue weighted by Gasteiger charge is -2.32. The summed E-state index contributed by atoms with van der Waals surface area (Å²) >= 11 is 0. The first-order valence-corrected chi connectivity index (χ1v) is 6.51. The highest BCUT2D eigenvalue weighted by Crippen LogP contribution is 2.29. The molecule has 106 valence electrons. The quantitative estimate of drug-likeness (QED) is 0.849. The van der Waals surface area contributed by atoms with E-state index < -0.39 is 11.6 Å². The van der Waals surface area contributed by atoms with Gasteiger partial charge in [0.15, 0.2) is 0 Å². The van der Waals surface area contributed by atoms with Crippen molar-refractivity contribution in [1.29, 1.82) is 0 Å². The zero-order valence-corrected chi connectivity index (χ0v) is 12.5. The second kappa shape index (κ2) is 5.70. The maximum Gasteiger partial charge on any atom is 0.357 e. The molecular weight excluding hydrogens is 240 g/mol. The molecule has 4 heteroatoms. The average molecular weight is 264 g/mol. The van der Waals surface area contributed by atoms with E-state index in [0.29, 0.717) is 12.2 Å². The highest BCUT2D eigenvalue weighted by molar-refractivity contribution is 5.87. The van der Waals surface area contributed by atoms with Crippen LogP contribution in [0.2, 0.25) is 0 Å². The molecule has 0 radical (unpaired) electrons. The number of aromatic nitrogens is 1. The van der Waals surface area contributed by atoms with Crippen molar-refractivity contribution in [2.45, 2.75) is 53.2 Å². The molecule has 1 aromatic heterocycles. The Hall–Kier alpha value is -1.42. The van der Waals surface area contributed by atoms with E-state index in [2.05, 4.69) is 25.8 Å². The first-order chi connectivity index (χ1) is 8.63. The number of carbonyl (C=O) groups is 1. The van der Waals surface area contributed by atoms with Gasteiger partial charge in [-0.25, -0.2) is 9.78 Å².